The van der Waals surface area contributed by atoms with Gasteiger partial charge in [0.15, 0.2) is 11.3 Å². The molecule has 1 saturated heterocycles. The highest BCUT2D eigenvalue weighted by atomic mass is 19.1. The molecule has 6 rings (SSSR count). The molecule has 8 nitrogen and oxygen atoms in total. The van der Waals surface area contributed by atoms with Crippen molar-refractivity contribution in [3.8, 4) is 22.6 Å². The molecule has 162 valence electrons. The molecule has 0 saturated carbocycles. The quantitative estimate of drug-likeness (QED) is 0.621. The minimum Gasteiger partial charge on any atom is -0.462 e. The summed E-state index contributed by atoms with van der Waals surface area (Å²) in [5.74, 6) is 1.47. The first-order valence-corrected chi connectivity index (χ1v) is 10.4. The van der Waals surface area contributed by atoms with E-state index in [4.69, 9.17) is 24.9 Å². The first kappa shape index (κ1) is 19.0. The number of rotatable bonds is 2. The van der Waals surface area contributed by atoms with E-state index in [1.54, 1.807) is 24.4 Å². The summed E-state index contributed by atoms with van der Waals surface area (Å²) >= 11 is 0. The number of aromatic nitrogens is 2. The molecule has 0 radical (unpaired) electrons. The Labute approximate surface area is 183 Å². The van der Waals surface area contributed by atoms with Gasteiger partial charge < -0.3 is 24.8 Å². The third kappa shape index (κ3) is 2.89. The number of ether oxygens (including phenoxy) is 3. The molecule has 3 aliphatic rings. The van der Waals surface area contributed by atoms with Gasteiger partial charge in [0, 0.05) is 36.0 Å². The third-order valence-electron chi connectivity index (χ3n) is 6.08. The Balaban J connectivity index is 1.51. The number of nitrogens with two attached hydrogens (primary N) is 1. The maximum absolute atomic E-state index is 14.4. The molecule has 9 heteroatoms. The van der Waals surface area contributed by atoms with Crippen molar-refractivity contribution in [2.45, 2.75) is 5.54 Å². The number of nitrogens with zero attached hydrogens (tertiary/aromatic N) is 4. The van der Waals surface area contributed by atoms with Gasteiger partial charge in [-0.05, 0) is 35.9 Å². The summed E-state index contributed by atoms with van der Waals surface area (Å²) in [6.45, 7) is 3.02. The Morgan fingerprint density at radius 2 is 1.88 bits per heavy atom. The zero-order valence-corrected chi connectivity index (χ0v) is 17.1. The Morgan fingerprint density at radius 1 is 1.03 bits per heavy atom. The van der Waals surface area contributed by atoms with Crippen LogP contribution in [0.1, 0.15) is 11.1 Å². The monoisotopic (exact) mass is 433 g/mol. The van der Waals surface area contributed by atoms with Crippen LogP contribution in [0.2, 0.25) is 0 Å². The highest BCUT2D eigenvalue weighted by Crippen LogP contribution is 2.52. The molecule has 32 heavy (non-hydrogen) atoms. The highest BCUT2D eigenvalue weighted by molar-refractivity contribution is 5.78. The standard InChI is InChI=1S/C23H20FN5O3/c24-21-15(2-1-5-26-21)14-3-4-18-16(10-14)23(13-31-22(25)28-23)17-11-20(27-12-19(17)32-18)29-6-8-30-9-7-29/h1-5,10-12H,6-9,13H2,(H2,25,28)/t23-/m0/s1. The van der Waals surface area contributed by atoms with E-state index in [9.17, 15) is 4.39 Å². The van der Waals surface area contributed by atoms with Crippen molar-refractivity contribution in [2.75, 3.05) is 37.8 Å². The van der Waals surface area contributed by atoms with Crippen LogP contribution in [0.4, 0.5) is 10.2 Å². The molecule has 1 spiro atoms. The number of fused-ring (bicyclic) bond motifs is 4. The second-order valence-electron chi connectivity index (χ2n) is 7.89. The summed E-state index contributed by atoms with van der Waals surface area (Å²) in [6, 6.07) is 11.0. The van der Waals surface area contributed by atoms with Crippen LogP contribution in [0, 0.1) is 5.95 Å². The van der Waals surface area contributed by atoms with Crippen LogP contribution in [0.3, 0.4) is 0 Å². The fourth-order valence-corrected chi connectivity index (χ4v) is 4.48. The van der Waals surface area contributed by atoms with Crippen LogP contribution in [0.5, 0.6) is 11.5 Å². The van der Waals surface area contributed by atoms with Crippen LogP contribution in [-0.4, -0.2) is 48.9 Å². The van der Waals surface area contributed by atoms with E-state index < -0.39 is 11.5 Å². The van der Waals surface area contributed by atoms with Gasteiger partial charge >= 0.3 is 0 Å². The fourth-order valence-electron chi connectivity index (χ4n) is 4.48. The van der Waals surface area contributed by atoms with E-state index in [0.29, 0.717) is 35.8 Å². The van der Waals surface area contributed by atoms with Gasteiger partial charge in [-0.25, -0.2) is 15.0 Å². The van der Waals surface area contributed by atoms with Crippen molar-refractivity contribution < 1.29 is 18.6 Å². The Kier molecular flexibility index (Phi) is 4.25. The van der Waals surface area contributed by atoms with Crippen LogP contribution < -0.4 is 15.4 Å². The largest absolute Gasteiger partial charge is 0.462 e. The van der Waals surface area contributed by atoms with E-state index >= 15 is 0 Å². The van der Waals surface area contributed by atoms with E-state index in [2.05, 4.69) is 14.9 Å². The molecular formula is C23H20FN5O3. The van der Waals surface area contributed by atoms with E-state index in [1.807, 2.05) is 18.2 Å². The van der Waals surface area contributed by atoms with Gasteiger partial charge in [-0.15, -0.1) is 0 Å². The Bertz CT molecular complexity index is 1240. The predicted octanol–water partition coefficient (Wildman–Crippen LogP) is 2.81. The normalized spacial score (nSPS) is 21.4. The minimum absolute atomic E-state index is 0.103. The number of halogens is 1. The van der Waals surface area contributed by atoms with Crippen LogP contribution in [0.25, 0.3) is 11.1 Å². The molecule has 1 fully saturated rings. The molecule has 2 aromatic heterocycles. The predicted molar refractivity (Wildman–Crippen MR) is 115 cm³/mol. The molecule has 0 bridgehead atoms. The average Bonchev–Trinajstić information content (AvgIpc) is 3.22. The lowest BCUT2D eigenvalue weighted by molar-refractivity contribution is 0.122. The number of aliphatic imine (C=N–C) groups is 1. The van der Waals surface area contributed by atoms with Crippen molar-refractivity contribution in [3.63, 3.8) is 0 Å². The van der Waals surface area contributed by atoms with Gasteiger partial charge in [0.1, 0.15) is 18.2 Å². The smallest absolute Gasteiger partial charge is 0.283 e. The van der Waals surface area contributed by atoms with E-state index in [0.717, 1.165) is 30.0 Å². The highest BCUT2D eigenvalue weighted by Gasteiger charge is 2.47. The molecule has 5 heterocycles. The molecule has 2 N–H and O–H groups in total. The lowest BCUT2D eigenvalue weighted by Crippen LogP contribution is -2.37. The van der Waals surface area contributed by atoms with E-state index in [-0.39, 0.29) is 12.6 Å². The summed E-state index contributed by atoms with van der Waals surface area (Å²) in [5, 5.41) is 0. The summed E-state index contributed by atoms with van der Waals surface area (Å²) in [4.78, 5) is 15.3. The van der Waals surface area contributed by atoms with E-state index in [1.165, 1.54) is 6.20 Å². The zero-order chi connectivity index (χ0) is 21.7. The van der Waals surface area contributed by atoms with Crippen molar-refractivity contribution >= 4 is 11.8 Å². The second kappa shape index (κ2) is 7.16. The number of amidine groups is 1. The SMILES string of the molecule is NC1=N[C@@]2(CO1)c1cc(-c3cccnc3F)ccc1Oc1cnc(N3CCOCC3)cc12. The summed E-state index contributed by atoms with van der Waals surface area (Å²) in [5.41, 5.74) is 7.71. The summed E-state index contributed by atoms with van der Waals surface area (Å²) in [6.07, 6.45) is 3.14. The lowest BCUT2D eigenvalue weighted by Gasteiger charge is -2.35. The lowest BCUT2D eigenvalue weighted by atomic mass is 9.80. The number of pyridine rings is 2. The average molecular weight is 433 g/mol. The Hall–Kier alpha value is -3.72. The molecule has 3 aliphatic heterocycles. The first-order chi connectivity index (χ1) is 15.6. The maximum Gasteiger partial charge on any atom is 0.283 e. The van der Waals surface area contributed by atoms with Gasteiger partial charge in [-0.2, -0.15) is 4.39 Å². The van der Waals surface area contributed by atoms with Crippen LogP contribution in [-0.2, 0) is 15.0 Å². The van der Waals surface area contributed by atoms with Gasteiger partial charge in [-0.3, -0.25) is 0 Å². The van der Waals surface area contributed by atoms with Gasteiger partial charge in [0.25, 0.3) is 6.02 Å². The second-order valence-corrected chi connectivity index (χ2v) is 7.89. The summed E-state index contributed by atoms with van der Waals surface area (Å²) < 4.78 is 31.7. The van der Waals surface area contributed by atoms with Crippen LogP contribution >= 0.6 is 0 Å². The molecular weight excluding hydrogens is 413 g/mol. The maximum atomic E-state index is 14.4. The number of hydrogen-bond donors (Lipinski definition) is 1. The minimum atomic E-state index is -0.911. The Morgan fingerprint density at radius 3 is 2.66 bits per heavy atom. The number of benzene rings is 1. The van der Waals surface area contributed by atoms with Gasteiger partial charge in [0.05, 0.1) is 19.4 Å². The molecule has 3 aromatic rings. The van der Waals surface area contributed by atoms with Crippen molar-refractivity contribution in [3.05, 3.63) is 65.9 Å². The number of hydrogen-bond acceptors (Lipinski definition) is 8. The van der Waals surface area contributed by atoms with Gasteiger partial charge in [0.2, 0.25) is 5.95 Å². The number of anilines is 1. The van der Waals surface area contributed by atoms with Crippen LogP contribution in [0.15, 0.2) is 53.8 Å². The van der Waals surface area contributed by atoms with Gasteiger partial charge in [-0.1, -0.05) is 6.07 Å². The summed E-state index contributed by atoms with van der Waals surface area (Å²) in [7, 11) is 0. The molecule has 0 unspecified atom stereocenters. The fraction of sp³-hybridized carbons (Fsp3) is 0.261. The number of morpholine rings is 1. The molecule has 1 atom stereocenters. The first-order valence-electron chi connectivity index (χ1n) is 10.4. The topological polar surface area (TPSA) is 95.1 Å². The van der Waals surface area contributed by atoms with Crippen molar-refractivity contribution in [1.82, 2.24) is 9.97 Å². The third-order valence-corrected chi connectivity index (χ3v) is 6.08. The molecule has 1 aromatic carbocycles. The van der Waals surface area contributed by atoms with Crippen molar-refractivity contribution in [1.29, 1.82) is 0 Å². The van der Waals surface area contributed by atoms with Crippen molar-refractivity contribution in [2.24, 2.45) is 10.7 Å². The zero-order valence-electron chi connectivity index (χ0n) is 17.1. The molecule has 0 amide bonds. The molecule has 0 aliphatic carbocycles.